The van der Waals surface area contributed by atoms with E-state index in [1.54, 1.807) is 0 Å². The Kier molecular flexibility index (Phi) is 6.57. The van der Waals surface area contributed by atoms with Crippen molar-refractivity contribution < 1.29 is 37.1 Å². The standard InChI is InChI=1S/C16H12F4N4O7/c1-2-21(9-4-3-5-11(6-9)31-16(19,20)15(17)18)14-12(23(27)28)7-10(22(25)26)8-13(14)24(29)30/h3-8,15H,2H2,1H3. The van der Waals surface area contributed by atoms with Crippen LogP contribution in [0.5, 0.6) is 5.75 Å². The van der Waals surface area contributed by atoms with E-state index in [2.05, 4.69) is 4.74 Å². The summed E-state index contributed by atoms with van der Waals surface area (Å²) < 4.78 is 55.1. The van der Waals surface area contributed by atoms with Gasteiger partial charge in [0.1, 0.15) is 5.75 Å². The summed E-state index contributed by atoms with van der Waals surface area (Å²) in [5.74, 6) is -0.742. The largest absolute Gasteiger partial charge is 0.461 e. The number of rotatable bonds is 9. The van der Waals surface area contributed by atoms with E-state index < -0.39 is 55.8 Å². The first kappa shape index (κ1) is 23.2. The molecule has 0 N–H and O–H groups in total. The monoisotopic (exact) mass is 448 g/mol. The molecule has 0 saturated carbocycles. The molecule has 31 heavy (non-hydrogen) atoms. The maximum atomic E-state index is 13.2. The van der Waals surface area contributed by atoms with Gasteiger partial charge in [-0.1, -0.05) is 6.07 Å². The second-order valence-corrected chi connectivity index (χ2v) is 5.81. The Labute approximate surface area is 169 Å². The molecule has 0 aromatic heterocycles. The number of nitro groups is 3. The minimum Gasteiger partial charge on any atom is -0.428 e. The van der Waals surface area contributed by atoms with Crippen molar-refractivity contribution in [1.82, 2.24) is 0 Å². The van der Waals surface area contributed by atoms with E-state index in [0.29, 0.717) is 12.1 Å². The molecule has 0 amide bonds. The first-order chi connectivity index (χ1) is 14.4. The van der Waals surface area contributed by atoms with Gasteiger partial charge in [-0.15, -0.1) is 0 Å². The zero-order chi connectivity index (χ0) is 23.5. The van der Waals surface area contributed by atoms with Crippen LogP contribution in [0.15, 0.2) is 36.4 Å². The lowest BCUT2D eigenvalue weighted by atomic mass is 10.1. The fourth-order valence-electron chi connectivity index (χ4n) is 2.64. The van der Waals surface area contributed by atoms with Gasteiger partial charge in [0, 0.05) is 18.3 Å². The van der Waals surface area contributed by atoms with Gasteiger partial charge in [-0.25, -0.2) is 0 Å². The zero-order valence-electron chi connectivity index (χ0n) is 15.4. The fourth-order valence-corrected chi connectivity index (χ4v) is 2.64. The lowest BCUT2D eigenvalue weighted by Crippen LogP contribution is -2.33. The van der Waals surface area contributed by atoms with Crippen molar-refractivity contribution in [3.63, 3.8) is 0 Å². The molecule has 0 fully saturated rings. The molecule has 11 nitrogen and oxygen atoms in total. The third kappa shape index (κ3) is 4.93. The summed E-state index contributed by atoms with van der Waals surface area (Å²) in [6.07, 6.45) is -8.98. The number of nitrogens with zero attached hydrogens (tertiary/aromatic N) is 4. The summed E-state index contributed by atoms with van der Waals surface area (Å²) in [7, 11) is 0. The van der Waals surface area contributed by atoms with Crippen molar-refractivity contribution in [2.75, 3.05) is 11.4 Å². The highest BCUT2D eigenvalue weighted by Crippen LogP contribution is 2.44. The second-order valence-electron chi connectivity index (χ2n) is 5.81. The molecule has 0 aliphatic carbocycles. The Morgan fingerprint density at radius 3 is 1.97 bits per heavy atom. The van der Waals surface area contributed by atoms with Gasteiger partial charge in [-0.05, 0) is 19.1 Å². The number of hydrogen-bond donors (Lipinski definition) is 0. The topological polar surface area (TPSA) is 142 Å². The Balaban J connectivity index is 2.69. The Hall–Kier alpha value is -4.04. The fraction of sp³-hybridized carbons (Fsp3) is 0.250. The number of alkyl halides is 4. The average molecular weight is 448 g/mol. The number of anilines is 2. The summed E-state index contributed by atoms with van der Waals surface area (Å²) in [5, 5.41) is 34.0. The van der Waals surface area contributed by atoms with Crippen LogP contribution in [0.3, 0.4) is 0 Å². The highest BCUT2D eigenvalue weighted by Gasteiger charge is 2.44. The second kappa shape index (κ2) is 8.76. The van der Waals surface area contributed by atoms with Crippen LogP contribution in [0.1, 0.15) is 6.92 Å². The minimum atomic E-state index is -4.83. The molecule has 0 radical (unpaired) electrons. The molecule has 15 heteroatoms. The van der Waals surface area contributed by atoms with E-state index in [9.17, 15) is 47.9 Å². The number of hydrogen-bond acceptors (Lipinski definition) is 8. The lowest BCUT2D eigenvalue weighted by molar-refractivity contribution is -0.402. The van der Waals surface area contributed by atoms with Crippen LogP contribution < -0.4 is 9.64 Å². The maximum absolute atomic E-state index is 13.2. The van der Waals surface area contributed by atoms with Crippen molar-refractivity contribution in [3.05, 3.63) is 66.7 Å². The number of ether oxygens (including phenoxy) is 1. The highest BCUT2D eigenvalue weighted by atomic mass is 19.3. The van der Waals surface area contributed by atoms with Crippen molar-refractivity contribution in [3.8, 4) is 5.75 Å². The van der Waals surface area contributed by atoms with Crippen LogP contribution in [0, 0.1) is 30.3 Å². The van der Waals surface area contributed by atoms with Crippen LogP contribution in [-0.4, -0.2) is 33.8 Å². The van der Waals surface area contributed by atoms with Gasteiger partial charge < -0.3 is 9.64 Å². The van der Waals surface area contributed by atoms with Crippen LogP contribution in [0.2, 0.25) is 0 Å². The summed E-state index contributed by atoms with van der Waals surface area (Å²) in [6, 6.07) is 5.04. The van der Waals surface area contributed by atoms with Gasteiger partial charge in [0.2, 0.25) is 0 Å². The van der Waals surface area contributed by atoms with Crippen molar-refractivity contribution in [2.45, 2.75) is 19.5 Å². The van der Waals surface area contributed by atoms with Gasteiger partial charge in [0.05, 0.1) is 26.9 Å². The van der Waals surface area contributed by atoms with Gasteiger partial charge in [0.15, 0.2) is 5.69 Å². The van der Waals surface area contributed by atoms with Gasteiger partial charge >= 0.3 is 23.9 Å². The predicted octanol–water partition coefficient (Wildman–Crippen LogP) is 4.81. The Morgan fingerprint density at radius 1 is 1.00 bits per heavy atom. The first-order valence-corrected chi connectivity index (χ1v) is 8.22. The molecule has 0 saturated heterocycles. The Bertz CT molecular complexity index is 1000. The van der Waals surface area contributed by atoms with E-state index in [1.165, 1.54) is 13.0 Å². The van der Waals surface area contributed by atoms with E-state index in [0.717, 1.165) is 23.1 Å². The van der Waals surface area contributed by atoms with E-state index in [-0.39, 0.29) is 12.2 Å². The molecule has 0 heterocycles. The summed E-state index contributed by atoms with van der Waals surface area (Å²) in [6.45, 7) is 1.20. The molecular weight excluding hydrogens is 436 g/mol. The molecule has 0 unspecified atom stereocenters. The summed E-state index contributed by atoms with van der Waals surface area (Å²) >= 11 is 0. The zero-order valence-corrected chi connectivity index (χ0v) is 15.4. The molecule has 0 atom stereocenters. The third-order valence-electron chi connectivity index (χ3n) is 3.88. The van der Waals surface area contributed by atoms with Crippen LogP contribution in [0.25, 0.3) is 0 Å². The van der Waals surface area contributed by atoms with Crippen molar-refractivity contribution >= 4 is 28.4 Å². The van der Waals surface area contributed by atoms with Crippen molar-refractivity contribution in [1.29, 1.82) is 0 Å². The minimum absolute atomic E-state index is 0.162. The van der Waals surface area contributed by atoms with Gasteiger partial charge in [-0.3, -0.25) is 30.3 Å². The van der Waals surface area contributed by atoms with Crippen LogP contribution in [0.4, 0.5) is 46.0 Å². The maximum Gasteiger partial charge on any atom is 0.461 e. The van der Waals surface area contributed by atoms with Crippen molar-refractivity contribution in [2.24, 2.45) is 0 Å². The lowest BCUT2D eigenvalue weighted by Gasteiger charge is -2.24. The van der Waals surface area contributed by atoms with Gasteiger partial charge in [0.25, 0.3) is 5.69 Å². The van der Waals surface area contributed by atoms with E-state index in [4.69, 9.17) is 0 Å². The third-order valence-corrected chi connectivity index (χ3v) is 3.88. The molecule has 2 aromatic rings. The van der Waals surface area contributed by atoms with Crippen LogP contribution in [-0.2, 0) is 0 Å². The number of non-ortho nitro benzene ring substituents is 1. The molecular formula is C16H12F4N4O7. The normalized spacial score (nSPS) is 11.3. The quantitative estimate of drug-likeness (QED) is 0.302. The summed E-state index contributed by atoms with van der Waals surface area (Å²) in [4.78, 5) is 31.7. The average Bonchev–Trinajstić information content (AvgIpc) is 2.67. The molecule has 0 aliphatic heterocycles. The van der Waals surface area contributed by atoms with E-state index in [1.807, 2.05) is 0 Å². The van der Waals surface area contributed by atoms with E-state index >= 15 is 0 Å². The summed E-state index contributed by atoms with van der Waals surface area (Å²) in [5.41, 5.74) is -3.73. The number of halogens is 4. The number of nitro benzene ring substituents is 3. The smallest absolute Gasteiger partial charge is 0.428 e. The highest BCUT2D eigenvalue weighted by molar-refractivity contribution is 5.83. The molecule has 0 spiro atoms. The SMILES string of the molecule is CCN(c1cccc(OC(F)(F)C(F)F)c1)c1c([N+](=O)[O-])cc([N+](=O)[O-])cc1[N+](=O)[O-]. The predicted molar refractivity (Wildman–Crippen MR) is 97.1 cm³/mol. The molecule has 0 aliphatic rings. The number of benzene rings is 2. The molecule has 166 valence electrons. The molecule has 2 aromatic carbocycles. The molecule has 2 rings (SSSR count). The first-order valence-electron chi connectivity index (χ1n) is 8.22. The van der Waals surface area contributed by atoms with Gasteiger partial charge in [-0.2, -0.15) is 17.6 Å². The molecule has 0 bridgehead atoms. The Morgan fingerprint density at radius 2 is 1.55 bits per heavy atom. The van der Waals surface area contributed by atoms with Crippen LogP contribution >= 0.6 is 0 Å².